The van der Waals surface area contributed by atoms with E-state index in [1.807, 2.05) is 0 Å². The summed E-state index contributed by atoms with van der Waals surface area (Å²) >= 11 is 0. The van der Waals surface area contributed by atoms with Crippen molar-refractivity contribution in [1.82, 2.24) is 0 Å². The third-order valence-electron chi connectivity index (χ3n) is 2.72. The lowest BCUT2D eigenvalue weighted by Crippen LogP contribution is -2.34. The van der Waals surface area contributed by atoms with Crippen molar-refractivity contribution in [2.75, 3.05) is 0 Å². The molecule has 0 aliphatic carbocycles. The van der Waals surface area contributed by atoms with E-state index in [1.54, 1.807) is 0 Å². The number of hydrogen-bond acceptors (Lipinski definition) is 1. The SMILES string of the molecule is CC1(C)CCCC(C)(C)P1O. The molecule has 0 unspecified atom stereocenters. The van der Waals surface area contributed by atoms with E-state index in [4.69, 9.17) is 0 Å². The van der Waals surface area contributed by atoms with Crippen LogP contribution in [0.15, 0.2) is 0 Å². The fourth-order valence-electron chi connectivity index (χ4n) is 1.98. The predicted octanol–water partition coefficient (Wildman–Crippen LogP) is 3.12. The second kappa shape index (κ2) is 2.71. The standard InChI is InChI=1S/C9H19OP/c1-8(2)6-5-7-9(3,4)11(8)10/h10H,5-7H2,1-4H3. The van der Waals surface area contributed by atoms with Crippen LogP contribution in [-0.2, 0) is 0 Å². The lowest BCUT2D eigenvalue weighted by Gasteiger charge is -2.45. The summed E-state index contributed by atoms with van der Waals surface area (Å²) in [5, 5.41) is 0.383. The van der Waals surface area contributed by atoms with Crippen molar-refractivity contribution in [3.63, 3.8) is 0 Å². The van der Waals surface area contributed by atoms with Crippen LogP contribution in [0.3, 0.4) is 0 Å². The molecule has 2 heteroatoms. The molecule has 1 aliphatic rings. The van der Waals surface area contributed by atoms with Crippen LogP contribution in [0.5, 0.6) is 0 Å². The van der Waals surface area contributed by atoms with Gasteiger partial charge in [0.25, 0.3) is 0 Å². The zero-order valence-electron chi connectivity index (χ0n) is 8.02. The van der Waals surface area contributed by atoms with Gasteiger partial charge in [0, 0.05) is 18.5 Å². The lowest BCUT2D eigenvalue weighted by molar-refractivity contribution is 0.410. The Bertz CT molecular complexity index is 136. The summed E-state index contributed by atoms with van der Waals surface area (Å²) < 4.78 is 0. The van der Waals surface area contributed by atoms with E-state index in [1.165, 1.54) is 19.3 Å². The average Bonchev–Trinajstić information content (AvgIpc) is 1.82. The first kappa shape index (κ1) is 9.48. The van der Waals surface area contributed by atoms with Crippen LogP contribution in [0, 0.1) is 0 Å². The van der Waals surface area contributed by atoms with E-state index in [0.29, 0.717) is 0 Å². The summed E-state index contributed by atoms with van der Waals surface area (Å²) in [4.78, 5) is 10.0. The van der Waals surface area contributed by atoms with Crippen molar-refractivity contribution in [1.29, 1.82) is 0 Å². The second-order valence-electron chi connectivity index (χ2n) is 4.79. The van der Waals surface area contributed by atoms with Gasteiger partial charge in [0.1, 0.15) is 0 Å². The highest BCUT2D eigenvalue weighted by Gasteiger charge is 2.42. The first-order chi connectivity index (χ1) is 4.86. The van der Waals surface area contributed by atoms with Crippen molar-refractivity contribution < 1.29 is 4.89 Å². The molecule has 0 bridgehead atoms. The molecule has 0 amide bonds. The Balaban J connectivity index is 2.76. The Morgan fingerprint density at radius 1 is 1.00 bits per heavy atom. The van der Waals surface area contributed by atoms with Gasteiger partial charge in [0.2, 0.25) is 0 Å². The molecular formula is C9H19OP. The van der Waals surface area contributed by atoms with Crippen LogP contribution in [0.2, 0.25) is 0 Å². The first-order valence-electron chi connectivity index (χ1n) is 4.35. The molecule has 0 atom stereocenters. The van der Waals surface area contributed by atoms with Crippen LogP contribution >= 0.6 is 8.15 Å². The molecule has 1 heterocycles. The monoisotopic (exact) mass is 174 g/mol. The summed E-state index contributed by atoms with van der Waals surface area (Å²) in [5.41, 5.74) is 0. The van der Waals surface area contributed by atoms with E-state index >= 15 is 0 Å². The summed E-state index contributed by atoms with van der Waals surface area (Å²) in [6.07, 6.45) is 3.66. The molecule has 0 aromatic heterocycles. The van der Waals surface area contributed by atoms with Gasteiger partial charge < -0.3 is 4.89 Å². The fraction of sp³-hybridized carbons (Fsp3) is 1.00. The highest BCUT2D eigenvalue weighted by molar-refractivity contribution is 7.55. The molecule has 0 aromatic rings. The van der Waals surface area contributed by atoms with Crippen molar-refractivity contribution in [2.45, 2.75) is 57.3 Å². The molecule has 0 saturated carbocycles. The Labute approximate surface area is 71.0 Å². The minimum absolute atomic E-state index is 0.192. The summed E-state index contributed by atoms with van der Waals surface area (Å²) in [6.45, 7) is 8.78. The van der Waals surface area contributed by atoms with Gasteiger partial charge in [-0.15, -0.1) is 0 Å². The zero-order chi connectivity index (χ0) is 8.70. The van der Waals surface area contributed by atoms with Crippen LogP contribution in [0.4, 0.5) is 0 Å². The smallest absolute Gasteiger partial charge is 0.0366 e. The largest absolute Gasteiger partial charge is 0.373 e. The Kier molecular flexibility index (Phi) is 2.33. The molecule has 1 N–H and O–H groups in total. The molecule has 11 heavy (non-hydrogen) atoms. The minimum atomic E-state index is -0.778. The second-order valence-corrected chi connectivity index (χ2v) is 7.84. The molecular weight excluding hydrogens is 155 g/mol. The summed E-state index contributed by atoms with van der Waals surface area (Å²) in [5.74, 6) is 0. The Hall–Kier alpha value is 0.390. The first-order valence-corrected chi connectivity index (χ1v) is 5.65. The molecule has 0 radical (unpaired) electrons. The van der Waals surface area contributed by atoms with E-state index in [9.17, 15) is 4.89 Å². The van der Waals surface area contributed by atoms with Crippen LogP contribution in [-0.4, -0.2) is 15.2 Å². The number of hydrogen-bond donors (Lipinski definition) is 1. The highest BCUT2D eigenvalue weighted by atomic mass is 31.1. The molecule has 0 spiro atoms. The number of rotatable bonds is 0. The van der Waals surface area contributed by atoms with E-state index in [2.05, 4.69) is 27.7 Å². The van der Waals surface area contributed by atoms with E-state index in [-0.39, 0.29) is 10.3 Å². The van der Waals surface area contributed by atoms with Crippen molar-refractivity contribution in [3.8, 4) is 0 Å². The maximum absolute atomic E-state index is 10.0. The zero-order valence-corrected chi connectivity index (χ0v) is 8.91. The van der Waals surface area contributed by atoms with Gasteiger partial charge >= 0.3 is 0 Å². The quantitative estimate of drug-likeness (QED) is 0.559. The average molecular weight is 174 g/mol. The normalized spacial score (nSPS) is 30.3. The van der Waals surface area contributed by atoms with Gasteiger partial charge in [0.05, 0.1) is 0 Å². The molecule has 66 valence electrons. The Morgan fingerprint density at radius 2 is 1.36 bits per heavy atom. The van der Waals surface area contributed by atoms with Crippen molar-refractivity contribution >= 4 is 8.15 Å². The third kappa shape index (κ3) is 1.76. The maximum atomic E-state index is 10.0. The van der Waals surface area contributed by atoms with Gasteiger partial charge in [-0.2, -0.15) is 0 Å². The van der Waals surface area contributed by atoms with Gasteiger partial charge in [0.15, 0.2) is 0 Å². The van der Waals surface area contributed by atoms with Crippen molar-refractivity contribution in [3.05, 3.63) is 0 Å². The van der Waals surface area contributed by atoms with Crippen LogP contribution in [0.1, 0.15) is 47.0 Å². The summed E-state index contributed by atoms with van der Waals surface area (Å²) in [6, 6.07) is 0. The van der Waals surface area contributed by atoms with Gasteiger partial charge in [-0.05, 0) is 12.8 Å². The Morgan fingerprint density at radius 3 is 1.64 bits per heavy atom. The van der Waals surface area contributed by atoms with Crippen molar-refractivity contribution in [2.24, 2.45) is 0 Å². The fourth-order valence-corrected chi connectivity index (χ4v) is 4.36. The van der Waals surface area contributed by atoms with Gasteiger partial charge in [-0.3, -0.25) is 0 Å². The van der Waals surface area contributed by atoms with E-state index < -0.39 is 8.15 Å². The molecule has 1 aliphatic heterocycles. The summed E-state index contributed by atoms with van der Waals surface area (Å²) in [7, 11) is -0.778. The third-order valence-corrected chi connectivity index (χ3v) is 5.46. The van der Waals surface area contributed by atoms with Gasteiger partial charge in [-0.25, -0.2) is 0 Å². The van der Waals surface area contributed by atoms with E-state index in [0.717, 1.165) is 0 Å². The highest BCUT2D eigenvalue weighted by Crippen LogP contribution is 2.62. The molecule has 1 rings (SSSR count). The van der Waals surface area contributed by atoms with Gasteiger partial charge in [-0.1, -0.05) is 34.1 Å². The lowest BCUT2D eigenvalue weighted by atomic mass is 9.98. The molecule has 1 saturated heterocycles. The molecule has 1 fully saturated rings. The minimum Gasteiger partial charge on any atom is -0.373 e. The molecule has 0 aromatic carbocycles. The topological polar surface area (TPSA) is 20.2 Å². The van der Waals surface area contributed by atoms with Crippen LogP contribution in [0.25, 0.3) is 0 Å². The predicted molar refractivity (Wildman–Crippen MR) is 51.1 cm³/mol. The van der Waals surface area contributed by atoms with Crippen LogP contribution < -0.4 is 0 Å². The molecule has 1 nitrogen and oxygen atoms in total. The maximum Gasteiger partial charge on any atom is 0.0366 e.